The van der Waals surface area contributed by atoms with E-state index in [-0.39, 0.29) is 0 Å². The lowest BCUT2D eigenvalue weighted by Gasteiger charge is -2.14. The molecule has 0 radical (unpaired) electrons. The Balaban J connectivity index is 1.90. The Bertz CT molecular complexity index is 506. The Labute approximate surface area is 119 Å². The summed E-state index contributed by atoms with van der Waals surface area (Å²) in [4.78, 5) is 0. The van der Waals surface area contributed by atoms with Gasteiger partial charge in [-0.25, -0.2) is 0 Å². The van der Waals surface area contributed by atoms with Crippen molar-refractivity contribution in [3.63, 3.8) is 0 Å². The van der Waals surface area contributed by atoms with Crippen LogP contribution in [0, 0.1) is 0 Å². The van der Waals surface area contributed by atoms with Crippen molar-refractivity contribution in [2.24, 2.45) is 5.73 Å². The first-order valence-electron chi connectivity index (χ1n) is 6.51. The van der Waals surface area contributed by atoms with Gasteiger partial charge in [0.25, 0.3) is 0 Å². The molecule has 0 aromatic heterocycles. The van der Waals surface area contributed by atoms with Crippen LogP contribution in [0.15, 0.2) is 48.5 Å². The topological polar surface area (TPSA) is 53.7 Å². The van der Waals surface area contributed by atoms with Gasteiger partial charge in [-0.2, -0.15) is 0 Å². The monoisotopic (exact) mass is 273 g/mol. The van der Waals surface area contributed by atoms with Crippen LogP contribution in [0.2, 0.25) is 0 Å². The van der Waals surface area contributed by atoms with Crippen molar-refractivity contribution in [1.82, 2.24) is 0 Å². The second-order valence-corrected chi connectivity index (χ2v) is 4.16. The van der Waals surface area contributed by atoms with Gasteiger partial charge < -0.3 is 19.9 Å². The molecule has 0 aliphatic rings. The molecule has 0 aliphatic heterocycles. The van der Waals surface area contributed by atoms with E-state index in [2.05, 4.69) is 0 Å². The van der Waals surface area contributed by atoms with Crippen LogP contribution in [0.25, 0.3) is 0 Å². The van der Waals surface area contributed by atoms with E-state index in [0.29, 0.717) is 31.3 Å². The van der Waals surface area contributed by atoms with Crippen LogP contribution in [0.5, 0.6) is 17.2 Å². The minimum atomic E-state index is 0.409. The number of rotatable bonds is 7. The summed E-state index contributed by atoms with van der Waals surface area (Å²) in [6.45, 7) is 1.31. The van der Waals surface area contributed by atoms with Crippen LogP contribution >= 0.6 is 0 Å². The molecule has 0 saturated carbocycles. The SMILES string of the molecule is COc1cccc(CN)c1OCCOc1ccccc1. The Morgan fingerprint density at radius 3 is 2.35 bits per heavy atom. The molecular formula is C16H19NO3. The summed E-state index contributed by atoms with van der Waals surface area (Å²) in [7, 11) is 1.61. The lowest BCUT2D eigenvalue weighted by molar-refractivity contribution is 0.210. The van der Waals surface area contributed by atoms with E-state index in [1.807, 2.05) is 48.5 Å². The van der Waals surface area contributed by atoms with Crippen LogP contribution in [-0.4, -0.2) is 20.3 Å². The molecule has 0 bridgehead atoms. The fourth-order valence-electron chi connectivity index (χ4n) is 1.87. The maximum Gasteiger partial charge on any atom is 0.165 e. The molecular weight excluding hydrogens is 254 g/mol. The molecule has 0 amide bonds. The number of ether oxygens (including phenoxy) is 3. The molecule has 4 heteroatoms. The quantitative estimate of drug-likeness (QED) is 0.788. The lowest BCUT2D eigenvalue weighted by Crippen LogP contribution is -2.11. The molecule has 0 unspecified atom stereocenters. The maximum atomic E-state index is 5.74. The summed E-state index contributed by atoms with van der Waals surface area (Å²) >= 11 is 0. The Hall–Kier alpha value is -2.20. The molecule has 0 fully saturated rings. The summed E-state index contributed by atoms with van der Waals surface area (Å²) in [6.07, 6.45) is 0. The maximum absolute atomic E-state index is 5.74. The molecule has 2 aromatic carbocycles. The molecule has 20 heavy (non-hydrogen) atoms. The number of methoxy groups -OCH3 is 1. The van der Waals surface area contributed by atoms with Crippen molar-refractivity contribution in [1.29, 1.82) is 0 Å². The first-order valence-corrected chi connectivity index (χ1v) is 6.51. The largest absolute Gasteiger partial charge is 0.493 e. The third-order valence-corrected chi connectivity index (χ3v) is 2.84. The highest BCUT2D eigenvalue weighted by molar-refractivity contribution is 5.46. The van der Waals surface area contributed by atoms with Crippen molar-refractivity contribution in [3.05, 3.63) is 54.1 Å². The number of hydrogen-bond acceptors (Lipinski definition) is 4. The number of hydrogen-bond donors (Lipinski definition) is 1. The number of nitrogens with two attached hydrogens (primary N) is 1. The standard InChI is InChI=1S/C16H19NO3/c1-18-15-9-5-6-13(12-17)16(15)20-11-10-19-14-7-3-2-4-8-14/h2-9H,10-12,17H2,1H3. The molecule has 0 atom stereocenters. The normalized spacial score (nSPS) is 10.1. The molecule has 0 heterocycles. The third kappa shape index (κ3) is 3.65. The summed E-state index contributed by atoms with van der Waals surface area (Å²) in [5.41, 5.74) is 6.62. The molecule has 0 saturated heterocycles. The van der Waals surface area contributed by atoms with Gasteiger partial charge in [0.1, 0.15) is 19.0 Å². The zero-order valence-electron chi connectivity index (χ0n) is 11.5. The van der Waals surface area contributed by atoms with Gasteiger partial charge in [-0.3, -0.25) is 0 Å². The molecule has 2 N–H and O–H groups in total. The van der Waals surface area contributed by atoms with Crippen molar-refractivity contribution in [2.75, 3.05) is 20.3 Å². The van der Waals surface area contributed by atoms with Gasteiger partial charge >= 0.3 is 0 Å². The van der Waals surface area contributed by atoms with Crippen LogP contribution in [0.1, 0.15) is 5.56 Å². The predicted molar refractivity (Wildman–Crippen MR) is 78.3 cm³/mol. The zero-order valence-corrected chi connectivity index (χ0v) is 11.5. The van der Waals surface area contributed by atoms with E-state index in [1.54, 1.807) is 7.11 Å². The Morgan fingerprint density at radius 2 is 1.65 bits per heavy atom. The van der Waals surface area contributed by atoms with Crippen molar-refractivity contribution in [3.8, 4) is 17.2 Å². The van der Waals surface area contributed by atoms with Crippen LogP contribution in [0.4, 0.5) is 0 Å². The predicted octanol–water partition coefficient (Wildman–Crippen LogP) is 2.61. The van der Waals surface area contributed by atoms with Crippen LogP contribution in [-0.2, 0) is 6.54 Å². The minimum absolute atomic E-state index is 0.409. The molecule has 0 spiro atoms. The second-order valence-electron chi connectivity index (χ2n) is 4.16. The van der Waals surface area contributed by atoms with Crippen molar-refractivity contribution < 1.29 is 14.2 Å². The van der Waals surface area contributed by atoms with Gasteiger partial charge in [-0.05, 0) is 18.2 Å². The van der Waals surface area contributed by atoms with E-state index in [9.17, 15) is 0 Å². The van der Waals surface area contributed by atoms with Crippen LogP contribution < -0.4 is 19.9 Å². The van der Waals surface area contributed by atoms with Gasteiger partial charge in [0, 0.05) is 12.1 Å². The lowest BCUT2D eigenvalue weighted by atomic mass is 10.2. The third-order valence-electron chi connectivity index (χ3n) is 2.84. The fraction of sp³-hybridized carbons (Fsp3) is 0.250. The van der Waals surface area contributed by atoms with Crippen molar-refractivity contribution in [2.45, 2.75) is 6.54 Å². The van der Waals surface area contributed by atoms with Crippen LogP contribution in [0.3, 0.4) is 0 Å². The van der Waals surface area contributed by atoms with E-state index < -0.39 is 0 Å². The average molecular weight is 273 g/mol. The van der Waals surface area contributed by atoms with E-state index >= 15 is 0 Å². The molecule has 2 rings (SSSR count). The van der Waals surface area contributed by atoms with Gasteiger partial charge in [0.05, 0.1) is 7.11 Å². The van der Waals surface area contributed by atoms with Gasteiger partial charge in [0.15, 0.2) is 11.5 Å². The number of para-hydroxylation sites is 2. The fourth-order valence-corrected chi connectivity index (χ4v) is 1.87. The van der Waals surface area contributed by atoms with Gasteiger partial charge in [-0.1, -0.05) is 30.3 Å². The first kappa shape index (κ1) is 14.2. The van der Waals surface area contributed by atoms with E-state index in [1.165, 1.54) is 0 Å². The summed E-state index contributed by atoms with van der Waals surface area (Å²) in [5, 5.41) is 0. The van der Waals surface area contributed by atoms with E-state index in [0.717, 1.165) is 11.3 Å². The Kier molecular flexibility index (Phi) is 5.26. The second kappa shape index (κ2) is 7.40. The molecule has 2 aromatic rings. The number of benzene rings is 2. The highest BCUT2D eigenvalue weighted by Crippen LogP contribution is 2.30. The highest BCUT2D eigenvalue weighted by atomic mass is 16.5. The molecule has 0 aliphatic carbocycles. The van der Waals surface area contributed by atoms with Gasteiger partial charge in [0.2, 0.25) is 0 Å². The molecule has 106 valence electrons. The Morgan fingerprint density at radius 1 is 0.900 bits per heavy atom. The summed E-state index contributed by atoms with van der Waals surface area (Å²) < 4.78 is 16.6. The average Bonchev–Trinajstić information content (AvgIpc) is 2.52. The zero-order chi connectivity index (χ0) is 14.2. The minimum Gasteiger partial charge on any atom is -0.493 e. The first-order chi connectivity index (χ1) is 9.85. The van der Waals surface area contributed by atoms with Crippen molar-refractivity contribution >= 4 is 0 Å². The summed E-state index contributed by atoms with van der Waals surface area (Å²) in [6, 6.07) is 15.3. The van der Waals surface area contributed by atoms with Gasteiger partial charge in [-0.15, -0.1) is 0 Å². The smallest absolute Gasteiger partial charge is 0.165 e. The molecule has 4 nitrogen and oxygen atoms in total. The highest BCUT2D eigenvalue weighted by Gasteiger charge is 2.09. The van der Waals surface area contributed by atoms with E-state index in [4.69, 9.17) is 19.9 Å². The summed E-state index contributed by atoms with van der Waals surface area (Å²) in [5.74, 6) is 2.21.